The number of thiophene rings is 1. The zero-order chi connectivity index (χ0) is 13.0. The van der Waals surface area contributed by atoms with Crippen LogP contribution >= 0.6 is 38.9 Å². The number of halogens is 2. The zero-order valence-corrected chi connectivity index (χ0v) is 13.5. The highest BCUT2D eigenvalue weighted by molar-refractivity contribution is 9.10. The molecule has 3 heteroatoms. The quantitative estimate of drug-likeness (QED) is 0.632. The van der Waals surface area contributed by atoms with Crippen molar-refractivity contribution in [2.75, 3.05) is 5.88 Å². The molecular weight excluding hydrogens is 328 g/mol. The minimum absolute atomic E-state index is 0.512. The maximum atomic E-state index is 6.12. The largest absolute Gasteiger partial charge is 0.148 e. The Bertz CT molecular complexity index is 507. The maximum absolute atomic E-state index is 6.12. The van der Waals surface area contributed by atoms with Crippen molar-refractivity contribution in [1.29, 1.82) is 0 Å². The van der Waals surface area contributed by atoms with Gasteiger partial charge in [-0.05, 0) is 58.8 Å². The summed E-state index contributed by atoms with van der Waals surface area (Å²) in [6, 6.07) is 10.8. The van der Waals surface area contributed by atoms with Gasteiger partial charge < -0.3 is 0 Å². The maximum Gasteiger partial charge on any atom is 0.0285 e. The second kappa shape index (κ2) is 6.74. The Labute approximate surface area is 126 Å². The van der Waals surface area contributed by atoms with Crippen molar-refractivity contribution in [3.8, 4) is 0 Å². The van der Waals surface area contributed by atoms with Gasteiger partial charge in [0, 0.05) is 20.6 Å². The van der Waals surface area contributed by atoms with Crippen LogP contribution in [0.2, 0.25) is 0 Å². The second-order valence-electron chi connectivity index (χ2n) is 4.59. The number of benzene rings is 1. The molecule has 18 heavy (non-hydrogen) atoms. The molecule has 0 fully saturated rings. The summed E-state index contributed by atoms with van der Waals surface area (Å²) in [6.07, 6.45) is 2.12. The summed E-state index contributed by atoms with van der Waals surface area (Å²) in [5.41, 5.74) is 2.78. The van der Waals surface area contributed by atoms with Gasteiger partial charge in [0.2, 0.25) is 0 Å². The molecule has 2 rings (SSSR count). The second-order valence-corrected chi connectivity index (χ2v) is 6.81. The molecule has 0 spiro atoms. The third kappa shape index (κ3) is 3.84. The first kappa shape index (κ1) is 14.1. The molecule has 0 saturated heterocycles. The molecule has 0 aliphatic rings. The molecule has 1 aromatic heterocycles. The van der Waals surface area contributed by atoms with Crippen LogP contribution in [0.25, 0.3) is 0 Å². The fourth-order valence-corrected chi connectivity index (χ4v) is 3.86. The van der Waals surface area contributed by atoms with Crippen LogP contribution in [0.5, 0.6) is 0 Å². The molecule has 0 saturated carbocycles. The molecule has 1 atom stereocenters. The highest BCUT2D eigenvalue weighted by atomic mass is 79.9. The first-order chi connectivity index (χ1) is 8.69. The Hall–Kier alpha value is -0.310. The molecule has 0 bridgehead atoms. The Kier molecular flexibility index (Phi) is 5.28. The smallest absolute Gasteiger partial charge is 0.0285 e. The molecule has 0 N–H and O–H groups in total. The van der Waals surface area contributed by atoms with Gasteiger partial charge in [-0.2, -0.15) is 0 Å². The van der Waals surface area contributed by atoms with Gasteiger partial charge in [0.25, 0.3) is 0 Å². The molecule has 2 aromatic rings. The predicted molar refractivity (Wildman–Crippen MR) is 84.8 cm³/mol. The number of alkyl halides is 1. The summed E-state index contributed by atoms with van der Waals surface area (Å²) in [4.78, 5) is 1.40. The third-order valence-electron chi connectivity index (χ3n) is 3.10. The molecule has 0 radical (unpaired) electrons. The number of rotatable bonds is 5. The van der Waals surface area contributed by atoms with E-state index in [2.05, 4.69) is 58.6 Å². The first-order valence-corrected chi connectivity index (χ1v) is 8.23. The van der Waals surface area contributed by atoms with E-state index in [1.54, 1.807) is 11.3 Å². The van der Waals surface area contributed by atoms with Crippen LogP contribution in [-0.4, -0.2) is 5.88 Å². The van der Waals surface area contributed by atoms with Crippen molar-refractivity contribution in [2.45, 2.75) is 19.8 Å². The number of hydrogen-bond acceptors (Lipinski definition) is 1. The average molecular weight is 344 g/mol. The van der Waals surface area contributed by atoms with E-state index in [1.807, 2.05) is 0 Å². The fraction of sp³-hybridized carbons (Fsp3) is 0.333. The van der Waals surface area contributed by atoms with Crippen LogP contribution in [-0.2, 0) is 12.8 Å². The topological polar surface area (TPSA) is 0 Å². The molecule has 0 aliphatic carbocycles. The lowest BCUT2D eigenvalue weighted by Crippen LogP contribution is -2.10. The summed E-state index contributed by atoms with van der Waals surface area (Å²) in [7, 11) is 0. The lowest BCUT2D eigenvalue weighted by atomic mass is 9.94. The monoisotopic (exact) mass is 342 g/mol. The minimum atomic E-state index is 0.512. The van der Waals surface area contributed by atoms with Crippen molar-refractivity contribution in [2.24, 2.45) is 5.92 Å². The van der Waals surface area contributed by atoms with Gasteiger partial charge in [0.1, 0.15) is 0 Å². The Morgan fingerprint density at radius 1 is 1.28 bits per heavy atom. The van der Waals surface area contributed by atoms with Gasteiger partial charge in [-0.1, -0.05) is 24.3 Å². The number of hydrogen-bond donors (Lipinski definition) is 0. The molecule has 96 valence electrons. The van der Waals surface area contributed by atoms with Crippen LogP contribution in [0.1, 0.15) is 16.0 Å². The van der Waals surface area contributed by atoms with Gasteiger partial charge in [-0.15, -0.1) is 22.9 Å². The summed E-state index contributed by atoms with van der Waals surface area (Å²) >= 11 is 11.4. The Morgan fingerprint density at radius 3 is 2.67 bits per heavy atom. The predicted octanol–water partition coefficient (Wildman–Crippen LogP) is 5.46. The number of aryl methyl sites for hydroxylation is 1. The van der Waals surface area contributed by atoms with Gasteiger partial charge in [0.15, 0.2) is 0 Å². The van der Waals surface area contributed by atoms with Crippen LogP contribution in [0.4, 0.5) is 0 Å². The molecule has 0 amide bonds. The minimum Gasteiger partial charge on any atom is -0.148 e. The van der Waals surface area contributed by atoms with Crippen molar-refractivity contribution >= 4 is 38.9 Å². The lowest BCUT2D eigenvalue weighted by molar-refractivity contribution is 0.587. The van der Waals surface area contributed by atoms with Crippen LogP contribution in [0.3, 0.4) is 0 Å². The van der Waals surface area contributed by atoms with E-state index in [0.29, 0.717) is 11.8 Å². The van der Waals surface area contributed by atoms with E-state index in [1.165, 1.54) is 20.5 Å². The summed E-state index contributed by atoms with van der Waals surface area (Å²) < 4.78 is 1.17. The normalized spacial score (nSPS) is 12.6. The van der Waals surface area contributed by atoms with Crippen LogP contribution < -0.4 is 0 Å². The SMILES string of the molecule is Cc1ccccc1CC(CCl)Cc1cc(Br)cs1. The standard InChI is InChI=1S/C15H16BrClS/c1-11-4-2-3-5-13(11)6-12(9-17)7-15-8-14(16)10-18-15/h2-5,8,10,12H,6-7,9H2,1H3. The van der Waals surface area contributed by atoms with E-state index in [0.717, 1.165) is 12.8 Å². The molecule has 0 aliphatic heterocycles. The van der Waals surface area contributed by atoms with E-state index in [-0.39, 0.29) is 0 Å². The Morgan fingerprint density at radius 2 is 2.06 bits per heavy atom. The lowest BCUT2D eigenvalue weighted by Gasteiger charge is -2.14. The van der Waals surface area contributed by atoms with Gasteiger partial charge >= 0.3 is 0 Å². The van der Waals surface area contributed by atoms with E-state index < -0.39 is 0 Å². The highest BCUT2D eigenvalue weighted by Gasteiger charge is 2.12. The van der Waals surface area contributed by atoms with Crippen molar-refractivity contribution in [1.82, 2.24) is 0 Å². The van der Waals surface area contributed by atoms with Crippen molar-refractivity contribution in [3.05, 3.63) is 56.2 Å². The van der Waals surface area contributed by atoms with Crippen LogP contribution in [0, 0.1) is 12.8 Å². The average Bonchev–Trinajstić information content (AvgIpc) is 2.76. The van der Waals surface area contributed by atoms with Gasteiger partial charge in [0.05, 0.1) is 0 Å². The molecule has 0 nitrogen and oxygen atoms in total. The Balaban J connectivity index is 2.04. The fourth-order valence-electron chi connectivity index (χ4n) is 2.08. The first-order valence-electron chi connectivity index (χ1n) is 6.02. The third-order valence-corrected chi connectivity index (χ3v) is 5.26. The van der Waals surface area contributed by atoms with Crippen LogP contribution in [0.15, 0.2) is 40.2 Å². The van der Waals surface area contributed by atoms with E-state index in [4.69, 9.17) is 11.6 Å². The van der Waals surface area contributed by atoms with Gasteiger partial charge in [-0.25, -0.2) is 0 Å². The summed E-state index contributed by atoms with van der Waals surface area (Å²) in [5, 5.41) is 2.13. The zero-order valence-electron chi connectivity index (χ0n) is 10.3. The molecule has 1 aromatic carbocycles. The molecule has 1 unspecified atom stereocenters. The molecular formula is C15H16BrClS. The molecule has 1 heterocycles. The highest BCUT2D eigenvalue weighted by Crippen LogP contribution is 2.25. The van der Waals surface area contributed by atoms with Crippen molar-refractivity contribution in [3.63, 3.8) is 0 Å². The van der Waals surface area contributed by atoms with E-state index in [9.17, 15) is 0 Å². The summed E-state index contributed by atoms with van der Waals surface area (Å²) in [6.45, 7) is 2.17. The van der Waals surface area contributed by atoms with Crippen molar-refractivity contribution < 1.29 is 0 Å². The van der Waals surface area contributed by atoms with Gasteiger partial charge in [-0.3, -0.25) is 0 Å². The van der Waals surface area contributed by atoms with E-state index >= 15 is 0 Å². The summed E-state index contributed by atoms with van der Waals surface area (Å²) in [5.74, 6) is 1.22.